The highest BCUT2D eigenvalue weighted by Gasteiger charge is 2.24. The van der Waals surface area contributed by atoms with Crippen LogP contribution in [-0.2, 0) is 14.3 Å². The summed E-state index contributed by atoms with van der Waals surface area (Å²) < 4.78 is 4.74. The number of esters is 2. The molecule has 7 nitrogen and oxygen atoms in total. The zero-order valence-corrected chi connectivity index (χ0v) is 13.5. The lowest BCUT2D eigenvalue weighted by atomic mass is 10.2. The van der Waals surface area contributed by atoms with E-state index in [0.717, 1.165) is 31.9 Å². The Morgan fingerprint density at radius 2 is 1.87 bits per heavy atom. The van der Waals surface area contributed by atoms with Gasteiger partial charge in [-0.1, -0.05) is 6.92 Å². The fraction of sp³-hybridized carbons (Fsp3) is 0.562. The normalized spacial score (nSPS) is 16.9. The monoisotopic (exact) mass is 320 g/mol. The van der Waals surface area contributed by atoms with Crippen LogP contribution >= 0.6 is 0 Å². The van der Waals surface area contributed by atoms with Crippen molar-refractivity contribution in [3.05, 3.63) is 24.5 Å². The van der Waals surface area contributed by atoms with Gasteiger partial charge < -0.3 is 15.4 Å². The van der Waals surface area contributed by atoms with Gasteiger partial charge in [-0.25, -0.2) is 0 Å². The molecule has 23 heavy (non-hydrogen) atoms. The minimum absolute atomic E-state index is 0.0325. The highest BCUT2D eigenvalue weighted by atomic mass is 16.6. The number of nitrogens with two attached hydrogens (primary N) is 1. The van der Waals surface area contributed by atoms with Crippen molar-refractivity contribution in [2.45, 2.75) is 32.4 Å². The van der Waals surface area contributed by atoms with Gasteiger partial charge in [0.15, 0.2) is 0 Å². The number of carbonyl (C=O) groups is 2. The average molecular weight is 320 g/mol. The second-order valence-electron chi connectivity index (χ2n) is 5.60. The summed E-state index contributed by atoms with van der Waals surface area (Å²) in [6.45, 7) is 5.06. The maximum Gasteiger partial charge on any atom is 0.316 e. The van der Waals surface area contributed by atoms with Crippen molar-refractivity contribution in [1.82, 2.24) is 9.88 Å². The summed E-state index contributed by atoms with van der Waals surface area (Å²) in [5, 5.41) is 0. The lowest BCUT2D eigenvalue weighted by Crippen LogP contribution is -2.54. The Hall–Kier alpha value is -1.99. The maximum atomic E-state index is 11.7. The number of rotatable bonds is 6. The van der Waals surface area contributed by atoms with E-state index < -0.39 is 18.1 Å². The number of pyridine rings is 1. The molecule has 0 saturated carbocycles. The number of hydrogen-bond acceptors (Lipinski definition) is 7. The first-order chi connectivity index (χ1) is 11.1. The number of aromatic nitrogens is 1. The summed E-state index contributed by atoms with van der Waals surface area (Å²) in [7, 11) is 0. The van der Waals surface area contributed by atoms with Crippen LogP contribution in [0.1, 0.15) is 26.2 Å². The third kappa shape index (κ3) is 5.30. The van der Waals surface area contributed by atoms with Crippen LogP contribution in [0.5, 0.6) is 0 Å². The zero-order valence-electron chi connectivity index (χ0n) is 13.5. The number of carbonyl (C=O) groups excluding carboxylic acids is 2. The van der Waals surface area contributed by atoms with Gasteiger partial charge in [0.2, 0.25) is 0 Å². The van der Waals surface area contributed by atoms with Crippen LogP contribution in [0.4, 0.5) is 5.69 Å². The maximum absolute atomic E-state index is 11.7. The van der Waals surface area contributed by atoms with Crippen molar-refractivity contribution in [2.24, 2.45) is 5.73 Å². The fourth-order valence-electron chi connectivity index (χ4n) is 2.59. The molecule has 0 aromatic carbocycles. The van der Waals surface area contributed by atoms with Gasteiger partial charge in [0.1, 0.15) is 0 Å². The summed E-state index contributed by atoms with van der Waals surface area (Å²) in [5.41, 5.74) is 7.21. The van der Waals surface area contributed by atoms with Crippen molar-refractivity contribution in [3.8, 4) is 0 Å². The molecular weight excluding hydrogens is 296 g/mol. The summed E-state index contributed by atoms with van der Waals surface area (Å²) in [6, 6.07) is 3.96. The molecule has 2 N–H and O–H groups in total. The Labute approximate surface area is 136 Å². The molecule has 0 bridgehead atoms. The van der Waals surface area contributed by atoms with Crippen molar-refractivity contribution >= 4 is 17.6 Å². The van der Waals surface area contributed by atoms with Crippen LogP contribution in [0.15, 0.2) is 24.5 Å². The largest absolute Gasteiger partial charge is 0.393 e. The van der Waals surface area contributed by atoms with E-state index in [1.807, 2.05) is 24.0 Å². The highest BCUT2D eigenvalue weighted by molar-refractivity contribution is 5.85. The smallest absolute Gasteiger partial charge is 0.316 e. The van der Waals surface area contributed by atoms with Crippen molar-refractivity contribution in [3.63, 3.8) is 0 Å². The van der Waals surface area contributed by atoms with Gasteiger partial charge in [-0.15, -0.1) is 0 Å². The molecular formula is C16H24N4O3. The average Bonchev–Trinajstić information content (AvgIpc) is 2.56. The van der Waals surface area contributed by atoms with E-state index in [1.165, 1.54) is 0 Å². The van der Waals surface area contributed by atoms with Crippen molar-refractivity contribution in [1.29, 1.82) is 0 Å². The zero-order chi connectivity index (χ0) is 16.7. The number of piperazine rings is 1. The van der Waals surface area contributed by atoms with Crippen LogP contribution in [0, 0.1) is 0 Å². The highest BCUT2D eigenvalue weighted by Crippen LogP contribution is 2.15. The van der Waals surface area contributed by atoms with Gasteiger partial charge >= 0.3 is 11.9 Å². The number of ether oxygens (including phenoxy) is 1. The minimum Gasteiger partial charge on any atom is -0.393 e. The van der Waals surface area contributed by atoms with E-state index in [-0.39, 0.29) is 12.8 Å². The van der Waals surface area contributed by atoms with E-state index in [9.17, 15) is 9.59 Å². The molecule has 1 atom stereocenters. The summed E-state index contributed by atoms with van der Waals surface area (Å²) >= 11 is 0. The van der Waals surface area contributed by atoms with Crippen LogP contribution in [-0.4, -0.2) is 54.2 Å². The van der Waals surface area contributed by atoms with Crippen LogP contribution in [0.2, 0.25) is 0 Å². The Morgan fingerprint density at radius 1 is 1.22 bits per heavy atom. The van der Waals surface area contributed by atoms with Crippen molar-refractivity contribution < 1.29 is 14.3 Å². The predicted octanol–water partition coefficient (Wildman–Crippen LogP) is 0.748. The lowest BCUT2D eigenvalue weighted by molar-refractivity contribution is -0.160. The molecule has 0 amide bonds. The molecule has 1 aromatic heterocycles. The molecule has 1 saturated heterocycles. The molecule has 126 valence electrons. The van der Waals surface area contributed by atoms with E-state index >= 15 is 0 Å². The number of hydrogen-bond donors (Lipinski definition) is 1. The predicted molar refractivity (Wildman–Crippen MR) is 86.6 cm³/mol. The van der Waals surface area contributed by atoms with Crippen molar-refractivity contribution in [2.75, 3.05) is 31.1 Å². The van der Waals surface area contributed by atoms with E-state index in [1.54, 1.807) is 12.4 Å². The second-order valence-corrected chi connectivity index (χ2v) is 5.60. The third-order valence-corrected chi connectivity index (χ3v) is 3.87. The van der Waals surface area contributed by atoms with Crippen LogP contribution in [0.3, 0.4) is 0 Å². The molecule has 1 aliphatic rings. The Morgan fingerprint density at radius 3 is 2.48 bits per heavy atom. The second kappa shape index (κ2) is 8.59. The van der Waals surface area contributed by atoms with Gasteiger partial charge in [0.05, 0.1) is 12.6 Å². The van der Waals surface area contributed by atoms with E-state index in [2.05, 4.69) is 9.88 Å². The standard InChI is InChI=1S/C16H24N4O3/c1-2-3-15(21)23-16(22)12-14(17)20-10-8-19(9-11-20)13-4-6-18-7-5-13/h4-7,14H,2-3,8-12,17H2,1H3. The van der Waals surface area contributed by atoms with Gasteiger partial charge in [-0.05, 0) is 18.6 Å². The van der Waals surface area contributed by atoms with Crippen LogP contribution in [0.25, 0.3) is 0 Å². The molecule has 0 aliphatic carbocycles. The van der Waals surface area contributed by atoms with Gasteiger partial charge in [0, 0.05) is 50.7 Å². The van der Waals surface area contributed by atoms with E-state index in [0.29, 0.717) is 6.42 Å². The van der Waals surface area contributed by atoms with Crippen LogP contribution < -0.4 is 10.6 Å². The molecule has 7 heteroatoms. The molecule has 0 spiro atoms. The molecule has 1 unspecified atom stereocenters. The fourth-order valence-corrected chi connectivity index (χ4v) is 2.59. The summed E-state index contributed by atoms with van der Waals surface area (Å²) in [5.74, 6) is -1.03. The number of nitrogens with zero attached hydrogens (tertiary/aromatic N) is 3. The molecule has 1 aromatic rings. The Balaban J connectivity index is 1.76. The molecule has 0 radical (unpaired) electrons. The molecule has 2 heterocycles. The minimum atomic E-state index is -0.549. The van der Waals surface area contributed by atoms with Gasteiger partial charge in [-0.2, -0.15) is 0 Å². The Bertz CT molecular complexity index is 515. The first-order valence-corrected chi connectivity index (χ1v) is 7.98. The topological polar surface area (TPSA) is 88.8 Å². The molecule has 2 rings (SSSR count). The lowest BCUT2D eigenvalue weighted by Gasteiger charge is -2.38. The van der Waals surface area contributed by atoms with Gasteiger partial charge in [0.25, 0.3) is 0 Å². The Kier molecular flexibility index (Phi) is 6.49. The summed E-state index contributed by atoms with van der Waals surface area (Å²) in [4.78, 5) is 31.3. The third-order valence-electron chi connectivity index (χ3n) is 3.87. The number of anilines is 1. The van der Waals surface area contributed by atoms with Gasteiger partial charge in [-0.3, -0.25) is 19.5 Å². The first kappa shape index (κ1) is 17.4. The molecule has 1 fully saturated rings. The van der Waals surface area contributed by atoms with E-state index in [4.69, 9.17) is 10.5 Å². The summed E-state index contributed by atoms with van der Waals surface area (Å²) in [6.07, 6.45) is 4.08. The SMILES string of the molecule is CCCC(=O)OC(=O)CC(N)N1CCN(c2ccncc2)CC1. The molecule has 1 aliphatic heterocycles. The quantitative estimate of drug-likeness (QED) is 0.611. The first-order valence-electron chi connectivity index (χ1n) is 7.98.